The van der Waals surface area contributed by atoms with Crippen LogP contribution in [0.1, 0.15) is 5.82 Å². The minimum Gasteiger partial charge on any atom is -0.497 e. The average Bonchev–Trinajstić information content (AvgIpc) is 2.98. The van der Waals surface area contributed by atoms with Gasteiger partial charge in [-0.05, 0) is 12.1 Å². The summed E-state index contributed by atoms with van der Waals surface area (Å²) in [6.45, 7) is -0.0987. The molecule has 2 rings (SSSR count). The number of methoxy groups -OCH3 is 1. The summed E-state index contributed by atoms with van der Waals surface area (Å²) >= 11 is 0. The predicted octanol–water partition coefficient (Wildman–Crippen LogP) is 0.805. The Kier molecular flexibility index (Phi) is 4.19. The number of nitrogens with one attached hydrogen (secondary N) is 2. The number of rotatable bonds is 6. The van der Waals surface area contributed by atoms with E-state index in [4.69, 9.17) is 4.74 Å². The molecule has 0 atom stereocenters. The van der Waals surface area contributed by atoms with Crippen LogP contribution in [0.3, 0.4) is 0 Å². The van der Waals surface area contributed by atoms with Gasteiger partial charge in [-0.3, -0.25) is 10.1 Å². The monoisotopic (exact) mass is 312 g/mol. The molecule has 0 aliphatic carbocycles. The van der Waals surface area contributed by atoms with E-state index in [2.05, 4.69) is 14.7 Å². The third-order valence-corrected chi connectivity index (χ3v) is 4.09. The van der Waals surface area contributed by atoms with Crippen LogP contribution in [0.5, 0.6) is 5.75 Å². The Labute approximate surface area is 120 Å². The van der Waals surface area contributed by atoms with Crippen LogP contribution in [0.4, 0.5) is 5.69 Å². The second-order valence-corrected chi connectivity index (χ2v) is 5.69. The van der Waals surface area contributed by atoms with Gasteiger partial charge in [0.1, 0.15) is 11.6 Å². The van der Waals surface area contributed by atoms with Crippen LogP contribution in [0.25, 0.3) is 0 Å². The van der Waals surface area contributed by atoms with Crippen molar-refractivity contribution in [3.05, 3.63) is 46.5 Å². The molecule has 0 aliphatic heterocycles. The van der Waals surface area contributed by atoms with Gasteiger partial charge in [0.15, 0.2) is 4.90 Å². The molecule has 21 heavy (non-hydrogen) atoms. The van der Waals surface area contributed by atoms with Gasteiger partial charge in [0.2, 0.25) is 10.0 Å². The van der Waals surface area contributed by atoms with Crippen LogP contribution in [0.2, 0.25) is 0 Å². The summed E-state index contributed by atoms with van der Waals surface area (Å²) in [4.78, 5) is 16.4. The number of ether oxygens (including phenoxy) is 1. The number of nitrogens with zero attached hydrogens (tertiary/aromatic N) is 2. The zero-order valence-electron chi connectivity index (χ0n) is 10.9. The van der Waals surface area contributed by atoms with Crippen LogP contribution >= 0.6 is 0 Å². The van der Waals surface area contributed by atoms with Gasteiger partial charge >= 0.3 is 0 Å². The predicted molar refractivity (Wildman–Crippen MR) is 72.3 cm³/mol. The molecule has 0 aliphatic rings. The minimum atomic E-state index is -4.04. The summed E-state index contributed by atoms with van der Waals surface area (Å²) in [5, 5.41) is 11.0. The molecule has 0 spiro atoms. The van der Waals surface area contributed by atoms with E-state index >= 15 is 0 Å². The molecule has 0 saturated heterocycles. The Morgan fingerprint density at radius 2 is 2.24 bits per heavy atom. The first kappa shape index (κ1) is 14.9. The highest BCUT2D eigenvalue weighted by Crippen LogP contribution is 2.28. The van der Waals surface area contributed by atoms with E-state index in [9.17, 15) is 18.5 Å². The number of nitro groups is 1. The maximum Gasteiger partial charge on any atom is 0.293 e. The number of benzene rings is 1. The summed E-state index contributed by atoms with van der Waals surface area (Å²) in [5.41, 5.74) is -0.554. The highest BCUT2D eigenvalue weighted by Gasteiger charge is 2.26. The molecule has 2 aromatic rings. The zero-order chi connectivity index (χ0) is 15.5. The number of hydrogen-bond donors (Lipinski definition) is 2. The van der Waals surface area contributed by atoms with Gasteiger partial charge in [0.05, 0.1) is 24.6 Å². The summed E-state index contributed by atoms with van der Waals surface area (Å²) in [7, 11) is -2.71. The highest BCUT2D eigenvalue weighted by molar-refractivity contribution is 7.89. The molecule has 2 N–H and O–H groups in total. The van der Waals surface area contributed by atoms with Gasteiger partial charge in [-0.1, -0.05) is 0 Å². The molecule has 0 amide bonds. The Hall–Kier alpha value is -2.46. The minimum absolute atomic E-state index is 0.0987. The lowest BCUT2D eigenvalue weighted by molar-refractivity contribution is -0.387. The van der Waals surface area contributed by atoms with Crippen LogP contribution in [0.15, 0.2) is 35.5 Å². The van der Waals surface area contributed by atoms with Gasteiger partial charge in [-0.25, -0.2) is 18.1 Å². The quantitative estimate of drug-likeness (QED) is 0.600. The van der Waals surface area contributed by atoms with Gasteiger partial charge in [0.25, 0.3) is 5.69 Å². The standard InChI is InChI=1S/C11H12N4O5S/c1-20-8-2-3-10(9(6-8)15(16)17)21(18,19)14-7-11-12-4-5-13-11/h2-6,14H,7H2,1H3,(H,12,13). The second-order valence-electron chi connectivity index (χ2n) is 3.95. The zero-order valence-corrected chi connectivity index (χ0v) is 11.8. The number of nitro benzene ring substituents is 1. The molecule has 0 saturated carbocycles. The summed E-state index contributed by atoms with van der Waals surface area (Å²) in [5.74, 6) is 0.599. The van der Waals surface area contributed by atoms with Crippen molar-refractivity contribution in [2.75, 3.05) is 7.11 Å². The Balaban J connectivity index is 2.32. The molecule has 0 bridgehead atoms. The molecular formula is C11H12N4O5S. The van der Waals surface area contributed by atoms with Crippen molar-refractivity contribution in [1.82, 2.24) is 14.7 Å². The average molecular weight is 312 g/mol. The molecular weight excluding hydrogens is 300 g/mol. The summed E-state index contributed by atoms with van der Waals surface area (Å²) < 4.78 is 31.4. The topological polar surface area (TPSA) is 127 Å². The maximum atomic E-state index is 12.2. The third-order valence-electron chi connectivity index (χ3n) is 2.64. The lowest BCUT2D eigenvalue weighted by Crippen LogP contribution is -2.24. The van der Waals surface area contributed by atoms with Crippen molar-refractivity contribution < 1.29 is 18.1 Å². The Morgan fingerprint density at radius 1 is 1.48 bits per heavy atom. The smallest absolute Gasteiger partial charge is 0.293 e. The first-order chi connectivity index (χ1) is 9.94. The number of aromatic nitrogens is 2. The largest absolute Gasteiger partial charge is 0.497 e. The fourth-order valence-corrected chi connectivity index (χ4v) is 2.77. The van der Waals surface area contributed by atoms with E-state index in [-0.39, 0.29) is 12.3 Å². The summed E-state index contributed by atoms with van der Waals surface area (Å²) in [6, 6.07) is 3.53. The molecule has 0 radical (unpaired) electrons. The van der Waals surface area contributed by atoms with Gasteiger partial charge in [-0.15, -0.1) is 0 Å². The van der Waals surface area contributed by atoms with Gasteiger partial charge in [0, 0.05) is 12.4 Å². The number of sulfonamides is 1. The number of imidazole rings is 1. The summed E-state index contributed by atoms with van der Waals surface area (Å²) in [6.07, 6.45) is 3.01. The van der Waals surface area contributed by atoms with Crippen LogP contribution in [-0.4, -0.2) is 30.4 Å². The fraction of sp³-hybridized carbons (Fsp3) is 0.182. The highest BCUT2D eigenvalue weighted by atomic mass is 32.2. The fourth-order valence-electron chi connectivity index (χ4n) is 1.63. The third kappa shape index (κ3) is 3.35. The van der Waals surface area contributed by atoms with E-state index in [1.165, 1.54) is 19.4 Å². The first-order valence-corrected chi connectivity index (χ1v) is 7.22. The van der Waals surface area contributed by atoms with Crippen molar-refractivity contribution in [2.24, 2.45) is 0 Å². The molecule has 1 heterocycles. The first-order valence-electron chi connectivity index (χ1n) is 5.74. The van der Waals surface area contributed by atoms with Crippen LogP contribution in [0, 0.1) is 10.1 Å². The van der Waals surface area contributed by atoms with E-state index < -0.39 is 25.5 Å². The number of aromatic amines is 1. The normalized spacial score (nSPS) is 11.3. The van der Waals surface area contributed by atoms with Gasteiger partial charge in [-0.2, -0.15) is 0 Å². The van der Waals surface area contributed by atoms with Crippen LogP contribution < -0.4 is 9.46 Å². The Bertz CT molecular complexity index is 742. The molecule has 0 unspecified atom stereocenters. The second kappa shape index (κ2) is 5.89. The number of H-pyrrole nitrogens is 1. The molecule has 9 nitrogen and oxygen atoms in total. The lowest BCUT2D eigenvalue weighted by atomic mass is 10.3. The van der Waals surface area contributed by atoms with E-state index in [0.29, 0.717) is 5.82 Å². The number of hydrogen-bond acceptors (Lipinski definition) is 6. The van der Waals surface area contributed by atoms with Crippen molar-refractivity contribution >= 4 is 15.7 Å². The molecule has 1 aromatic heterocycles. The molecule has 112 valence electrons. The molecule has 0 fully saturated rings. The maximum absolute atomic E-state index is 12.2. The van der Waals surface area contributed by atoms with Crippen molar-refractivity contribution in [3.8, 4) is 5.75 Å². The van der Waals surface area contributed by atoms with E-state index in [1.54, 1.807) is 6.20 Å². The van der Waals surface area contributed by atoms with E-state index in [0.717, 1.165) is 12.1 Å². The Morgan fingerprint density at radius 3 is 2.81 bits per heavy atom. The lowest BCUT2D eigenvalue weighted by Gasteiger charge is -2.07. The van der Waals surface area contributed by atoms with E-state index in [1.807, 2.05) is 0 Å². The SMILES string of the molecule is COc1ccc(S(=O)(=O)NCc2ncc[nH]2)c([N+](=O)[O-])c1. The van der Waals surface area contributed by atoms with Crippen molar-refractivity contribution in [3.63, 3.8) is 0 Å². The molecule has 1 aromatic carbocycles. The van der Waals surface area contributed by atoms with Gasteiger partial charge < -0.3 is 9.72 Å². The van der Waals surface area contributed by atoms with Crippen molar-refractivity contribution in [2.45, 2.75) is 11.4 Å². The van der Waals surface area contributed by atoms with Crippen LogP contribution in [-0.2, 0) is 16.6 Å². The van der Waals surface area contributed by atoms with Crippen molar-refractivity contribution in [1.29, 1.82) is 0 Å². The molecule has 10 heteroatoms.